The molecule has 0 aliphatic heterocycles. The number of rotatable bonds is 3. The summed E-state index contributed by atoms with van der Waals surface area (Å²) in [4.78, 5) is 12.9. The third-order valence-corrected chi connectivity index (χ3v) is 5.66. The number of benzene rings is 3. The van der Waals surface area contributed by atoms with Gasteiger partial charge in [0.25, 0.3) is 5.91 Å². The van der Waals surface area contributed by atoms with Crippen molar-refractivity contribution >= 4 is 28.6 Å². The zero-order valence-electron chi connectivity index (χ0n) is 16.4. The Bertz CT molecular complexity index is 1250. The van der Waals surface area contributed by atoms with E-state index in [1.807, 2.05) is 54.2 Å². The van der Waals surface area contributed by atoms with E-state index >= 15 is 0 Å². The van der Waals surface area contributed by atoms with Crippen LogP contribution in [0.15, 0.2) is 79.0 Å². The minimum Gasteiger partial charge on any atom is -0.350 e. The normalized spacial score (nSPS) is 12.7. The maximum Gasteiger partial charge on any atom is 0.257 e. The standard InChI is InChI=1S/C26H22N2O/c1-28-17-24(23-10-4-5-12-25(23)28)26(29)27-20-15-13-19(14-16-20)22-11-6-8-18-7-2-3-9-21(18)22/h3-6,8-17H,2,7H2,1H3,(H,27,29). The van der Waals surface area contributed by atoms with Gasteiger partial charge in [-0.05, 0) is 53.3 Å². The zero-order valence-corrected chi connectivity index (χ0v) is 16.4. The number of amides is 1. The van der Waals surface area contributed by atoms with Crippen molar-refractivity contribution < 1.29 is 4.79 Å². The first-order valence-corrected chi connectivity index (χ1v) is 9.95. The number of allylic oxidation sites excluding steroid dienone is 1. The van der Waals surface area contributed by atoms with Crippen LogP contribution < -0.4 is 5.32 Å². The second-order valence-electron chi connectivity index (χ2n) is 7.52. The lowest BCUT2D eigenvalue weighted by molar-refractivity contribution is 0.102. The number of nitrogens with one attached hydrogen (secondary N) is 1. The number of nitrogens with zero attached hydrogens (tertiary/aromatic N) is 1. The molecule has 0 atom stereocenters. The van der Waals surface area contributed by atoms with Gasteiger partial charge >= 0.3 is 0 Å². The van der Waals surface area contributed by atoms with E-state index in [1.54, 1.807) is 0 Å². The first-order valence-electron chi connectivity index (χ1n) is 9.95. The quantitative estimate of drug-likeness (QED) is 0.462. The monoisotopic (exact) mass is 378 g/mol. The first-order chi connectivity index (χ1) is 14.2. The number of carbonyl (C=O) groups is 1. The summed E-state index contributed by atoms with van der Waals surface area (Å²) in [5.41, 5.74) is 7.66. The van der Waals surface area contributed by atoms with E-state index < -0.39 is 0 Å². The molecule has 0 saturated carbocycles. The number of hydrogen-bond acceptors (Lipinski definition) is 1. The number of anilines is 1. The van der Waals surface area contributed by atoms with E-state index in [4.69, 9.17) is 0 Å². The van der Waals surface area contributed by atoms with Gasteiger partial charge < -0.3 is 9.88 Å². The molecule has 0 unspecified atom stereocenters. The molecule has 0 radical (unpaired) electrons. The third kappa shape index (κ3) is 3.15. The van der Waals surface area contributed by atoms with Crippen LogP contribution in [0.25, 0.3) is 28.1 Å². The van der Waals surface area contributed by atoms with E-state index in [0.717, 1.165) is 35.0 Å². The summed E-state index contributed by atoms with van der Waals surface area (Å²) in [6.45, 7) is 0. The Kier molecular flexibility index (Phi) is 4.28. The van der Waals surface area contributed by atoms with E-state index in [0.29, 0.717) is 5.56 Å². The minimum atomic E-state index is -0.0884. The second-order valence-corrected chi connectivity index (χ2v) is 7.52. The number of aryl methyl sites for hydroxylation is 2. The van der Waals surface area contributed by atoms with Gasteiger partial charge in [0.05, 0.1) is 5.56 Å². The summed E-state index contributed by atoms with van der Waals surface area (Å²) in [7, 11) is 1.96. The highest BCUT2D eigenvalue weighted by Crippen LogP contribution is 2.31. The van der Waals surface area contributed by atoms with Gasteiger partial charge in [0.1, 0.15) is 0 Å². The van der Waals surface area contributed by atoms with Gasteiger partial charge in [-0.25, -0.2) is 0 Å². The van der Waals surface area contributed by atoms with Gasteiger partial charge in [-0.2, -0.15) is 0 Å². The molecule has 5 rings (SSSR count). The van der Waals surface area contributed by atoms with Crippen molar-refractivity contribution in [3.63, 3.8) is 0 Å². The molecule has 3 heteroatoms. The Balaban J connectivity index is 1.42. The molecule has 29 heavy (non-hydrogen) atoms. The van der Waals surface area contributed by atoms with Gasteiger partial charge in [0.2, 0.25) is 0 Å². The van der Waals surface area contributed by atoms with Crippen molar-refractivity contribution in [2.45, 2.75) is 12.8 Å². The molecule has 0 fully saturated rings. The van der Waals surface area contributed by atoms with Crippen molar-refractivity contribution in [1.82, 2.24) is 4.57 Å². The Morgan fingerprint density at radius 2 is 1.79 bits per heavy atom. The smallest absolute Gasteiger partial charge is 0.257 e. The lowest BCUT2D eigenvalue weighted by Gasteiger charge is -2.15. The van der Waals surface area contributed by atoms with Crippen LogP contribution in [0.3, 0.4) is 0 Å². The molecule has 1 amide bonds. The zero-order chi connectivity index (χ0) is 19.8. The van der Waals surface area contributed by atoms with Crippen LogP contribution in [0.4, 0.5) is 5.69 Å². The maximum atomic E-state index is 12.9. The second kappa shape index (κ2) is 7.10. The Labute approximate surface area is 170 Å². The molecule has 1 aliphatic carbocycles. The average molecular weight is 378 g/mol. The van der Waals surface area contributed by atoms with Gasteiger partial charge in [0, 0.05) is 29.8 Å². The van der Waals surface area contributed by atoms with E-state index in [2.05, 4.69) is 47.8 Å². The fraction of sp³-hybridized carbons (Fsp3) is 0.115. The summed E-state index contributed by atoms with van der Waals surface area (Å²) in [6, 6.07) is 22.6. The summed E-state index contributed by atoms with van der Waals surface area (Å²) in [5.74, 6) is -0.0884. The van der Waals surface area contributed by atoms with Crippen LogP contribution in [-0.2, 0) is 13.5 Å². The van der Waals surface area contributed by atoms with Crippen molar-refractivity contribution in [2.75, 3.05) is 5.32 Å². The molecular weight excluding hydrogens is 356 g/mol. The highest BCUT2D eigenvalue weighted by Gasteiger charge is 2.14. The molecule has 1 aliphatic rings. The summed E-state index contributed by atoms with van der Waals surface area (Å²) in [6.07, 6.45) is 8.56. The summed E-state index contributed by atoms with van der Waals surface area (Å²) >= 11 is 0. The predicted molar refractivity (Wildman–Crippen MR) is 120 cm³/mol. The highest BCUT2D eigenvalue weighted by molar-refractivity contribution is 6.13. The lowest BCUT2D eigenvalue weighted by Crippen LogP contribution is -2.11. The van der Waals surface area contributed by atoms with Crippen LogP contribution in [-0.4, -0.2) is 10.5 Å². The third-order valence-electron chi connectivity index (χ3n) is 5.66. The number of para-hydroxylation sites is 1. The summed E-state index contributed by atoms with van der Waals surface area (Å²) in [5, 5.41) is 4.00. The van der Waals surface area contributed by atoms with E-state index in [-0.39, 0.29) is 5.91 Å². The van der Waals surface area contributed by atoms with Crippen LogP contribution in [0.5, 0.6) is 0 Å². The number of carbonyl (C=O) groups excluding carboxylic acids is 1. The van der Waals surface area contributed by atoms with Gasteiger partial charge in [-0.1, -0.05) is 60.7 Å². The largest absolute Gasteiger partial charge is 0.350 e. The molecule has 1 N–H and O–H groups in total. The molecule has 0 saturated heterocycles. The van der Waals surface area contributed by atoms with E-state index in [9.17, 15) is 4.79 Å². The fourth-order valence-corrected chi connectivity index (χ4v) is 4.17. The topological polar surface area (TPSA) is 34.0 Å². The van der Waals surface area contributed by atoms with Crippen LogP contribution in [0, 0.1) is 0 Å². The molecule has 4 aromatic rings. The number of hydrogen-bond donors (Lipinski definition) is 1. The van der Waals surface area contributed by atoms with Crippen LogP contribution >= 0.6 is 0 Å². The first kappa shape index (κ1) is 17.5. The lowest BCUT2D eigenvalue weighted by atomic mass is 9.90. The Morgan fingerprint density at radius 3 is 2.66 bits per heavy atom. The maximum absolute atomic E-state index is 12.9. The number of aromatic nitrogens is 1. The molecule has 0 bridgehead atoms. The predicted octanol–water partition coefficient (Wildman–Crippen LogP) is 6.06. The van der Waals surface area contributed by atoms with E-state index in [1.165, 1.54) is 16.7 Å². The van der Waals surface area contributed by atoms with Crippen molar-refractivity contribution in [2.24, 2.45) is 7.05 Å². The highest BCUT2D eigenvalue weighted by atomic mass is 16.1. The van der Waals surface area contributed by atoms with Crippen molar-refractivity contribution in [3.8, 4) is 11.1 Å². The van der Waals surface area contributed by atoms with Crippen LogP contribution in [0.1, 0.15) is 27.9 Å². The van der Waals surface area contributed by atoms with Crippen molar-refractivity contribution in [1.29, 1.82) is 0 Å². The van der Waals surface area contributed by atoms with Crippen LogP contribution in [0.2, 0.25) is 0 Å². The molecule has 142 valence electrons. The minimum absolute atomic E-state index is 0.0884. The fourth-order valence-electron chi connectivity index (χ4n) is 4.17. The molecule has 3 aromatic carbocycles. The Morgan fingerprint density at radius 1 is 0.966 bits per heavy atom. The molecule has 0 spiro atoms. The molecule has 3 nitrogen and oxygen atoms in total. The average Bonchev–Trinajstić information content (AvgIpc) is 3.11. The number of fused-ring (bicyclic) bond motifs is 2. The SMILES string of the molecule is Cn1cc(C(=O)Nc2ccc(-c3cccc4c3C=CCC4)cc2)c2ccccc21. The van der Waals surface area contributed by atoms with Gasteiger partial charge in [-0.3, -0.25) is 4.79 Å². The molecule has 1 heterocycles. The van der Waals surface area contributed by atoms with Crippen molar-refractivity contribution in [3.05, 3.63) is 95.7 Å². The summed E-state index contributed by atoms with van der Waals surface area (Å²) < 4.78 is 1.99. The van der Waals surface area contributed by atoms with Gasteiger partial charge in [0.15, 0.2) is 0 Å². The molecular formula is C26H22N2O. The molecule has 1 aromatic heterocycles. The van der Waals surface area contributed by atoms with Gasteiger partial charge in [-0.15, -0.1) is 0 Å². The Hall–Kier alpha value is -3.59.